The highest BCUT2D eigenvalue weighted by Gasteiger charge is 2.16. The zero-order valence-electron chi connectivity index (χ0n) is 10.8. The lowest BCUT2D eigenvalue weighted by atomic mass is 10.1. The fourth-order valence-corrected chi connectivity index (χ4v) is 2.59. The molecule has 1 heterocycles. The van der Waals surface area contributed by atoms with Crippen molar-refractivity contribution in [2.24, 2.45) is 0 Å². The zero-order chi connectivity index (χ0) is 13.7. The van der Waals surface area contributed by atoms with Crippen molar-refractivity contribution in [3.63, 3.8) is 0 Å². The Morgan fingerprint density at radius 3 is 2.84 bits per heavy atom. The third-order valence-electron chi connectivity index (χ3n) is 2.81. The third kappa shape index (κ3) is 3.64. The van der Waals surface area contributed by atoms with Crippen LogP contribution in [0, 0.1) is 5.82 Å². The van der Waals surface area contributed by atoms with E-state index in [1.165, 1.54) is 12.1 Å². The molecule has 2 rings (SSSR count). The van der Waals surface area contributed by atoms with Gasteiger partial charge in [-0.05, 0) is 47.0 Å². The van der Waals surface area contributed by atoms with Crippen LogP contribution in [0.3, 0.4) is 0 Å². The summed E-state index contributed by atoms with van der Waals surface area (Å²) in [5.74, 6) is -0.495. The molecule has 0 saturated heterocycles. The number of carbonyl (C=O) groups excluding carboxylic acids is 1. The molecule has 1 amide bonds. The Balaban J connectivity index is 2.16. The number of amides is 1. The van der Waals surface area contributed by atoms with E-state index in [0.29, 0.717) is 18.7 Å². The van der Waals surface area contributed by atoms with Gasteiger partial charge in [0.05, 0.1) is 0 Å². The Morgan fingerprint density at radius 2 is 2.21 bits per heavy atom. The maximum absolute atomic E-state index is 13.2. The molecule has 100 valence electrons. The van der Waals surface area contributed by atoms with Crippen molar-refractivity contribution in [1.29, 1.82) is 0 Å². The average molecular weight is 277 g/mol. The fraction of sp³-hybridized carbons (Fsp3) is 0.267. The molecule has 1 aromatic heterocycles. The van der Waals surface area contributed by atoms with Crippen molar-refractivity contribution in [2.45, 2.75) is 19.9 Å². The maximum atomic E-state index is 13.2. The van der Waals surface area contributed by atoms with Crippen LogP contribution < -0.4 is 0 Å². The predicted molar refractivity (Wildman–Crippen MR) is 75.8 cm³/mol. The quantitative estimate of drug-likeness (QED) is 0.810. The SMILES string of the molecule is CCCN(Cc1ccsc1)C(=O)c1cccc(F)c1. The molecule has 2 aromatic rings. The Hall–Kier alpha value is -1.68. The second-order valence-electron chi connectivity index (χ2n) is 4.37. The first kappa shape index (κ1) is 13.7. The second kappa shape index (κ2) is 6.48. The number of benzene rings is 1. The molecule has 19 heavy (non-hydrogen) atoms. The van der Waals surface area contributed by atoms with E-state index in [1.807, 2.05) is 23.8 Å². The summed E-state index contributed by atoms with van der Waals surface area (Å²) in [7, 11) is 0. The van der Waals surface area contributed by atoms with Gasteiger partial charge in [-0.3, -0.25) is 4.79 Å². The Labute approximate surface area is 116 Å². The molecular weight excluding hydrogens is 261 g/mol. The molecule has 0 unspecified atom stereocenters. The summed E-state index contributed by atoms with van der Waals surface area (Å²) in [5.41, 5.74) is 1.52. The van der Waals surface area contributed by atoms with E-state index in [1.54, 1.807) is 28.4 Å². The normalized spacial score (nSPS) is 10.4. The minimum absolute atomic E-state index is 0.118. The highest BCUT2D eigenvalue weighted by Crippen LogP contribution is 2.14. The summed E-state index contributed by atoms with van der Waals surface area (Å²) in [4.78, 5) is 14.1. The van der Waals surface area contributed by atoms with E-state index in [0.717, 1.165) is 12.0 Å². The largest absolute Gasteiger partial charge is 0.334 e. The van der Waals surface area contributed by atoms with Gasteiger partial charge in [-0.1, -0.05) is 13.0 Å². The molecule has 0 fully saturated rings. The van der Waals surface area contributed by atoms with E-state index in [9.17, 15) is 9.18 Å². The van der Waals surface area contributed by atoms with Gasteiger partial charge in [0.2, 0.25) is 0 Å². The van der Waals surface area contributed by atoms with Crippen LogP contribution in [0.1, 0.15) is 29.3 Å². The van der Waals surface area contributed by atoms with Crippen molar-refractivity contribution in [3.8, 4) is 0 Å². The molecule has 0 N–H and O–H groups in total. The molecule has 0 saturated carbocycles. The van der Waals surface area contributed by atoms with E-state index in [4.69, 9.17) is 0 Å². The minimum Gasteiger partial charge on any atom is -0.334 e. The molecule has 0 aliphatic rings. The first-order valence-electron chi connectivity index (χ1n) is 6.26. The lowest BCUT2D eigenvalue weighted by Gasteiger charge is -2.21. The van der Waals surface area contributed by atoms with Gasteiger partial charge in [0.1, 0.15) is 5.82 Å². The fourth-order valence-electron chi connectivity index (χ4n) is 1.93. The van der Waals surface area contributed by atoms with Crippen LogP contribution in [0.2, 0.25) is 0 Å². The van der Waals surface area contributed by atoms with Crippen molar-refractivity contribution >= 4 is 17.2 Å². The van der Waals surface area contributed by atoms with Crippen molar-refractivity contribution in [3.05, 3.63) is 58.0 Å². The molecule has 4 heteroatoms. The molecule has 0 aliphatic carbocycles. The molecule has 0 bridgehead atoms. The van der Waals surface area contributed by atoms with Crippen LogP contribution in [0.25, 0.3) is 0 Å². The molecular formula is C15H16FNOS. The van der Waals surface area contributed by atoms with Crippen LogP contribution >= 0.6 is 11.3 Å². The number of halogens is 1. The summed E-state index contributed by atoms with van der Waals surface area (Å²) in [6, 6.07) is 7.86. The van der Waals surface area contributed by atoms with Gasteiger partial charge in [-0.2, -0.15) is 11.3 Å². The van der Waals surface area contributed by atoms with E-state index >= 15 is 0 Å². The highest BCUT2D eigenvalue weighted by molar-refractivity contribution is 7.07. The summed E-state index contributed by atoms with van der Waals surface area (Å²) in [6.07, 6.45) is 0.880. The number of thiophene rings is 1. The Bertz CT molecular complexity index is 539. The van der Waals surface area contributed by atoms with Gasteiger partial charge in [0.15, 0.2) is 0 Å². The number of rotatable bonds is 5. The maximum Gasteiger partial charge on any atom is 0.254 e. The lowest BCUT2D eigenvalue weighted by Crippen LogP contribution is -2.31. The summed E-state index contributed by atoms with van der Waals surface area (Å²) >= 11 is 1.61. The van der Waals surface area contributed by atoms with Crippen molar-refractivity contribution in [1.82, 2.24) is 4.90 Å². The second-order valence-corrected chi connectivity index (χ2v) is 5.15. The summed E-state index contributed by atoms with van der Waals surface area (Å²) < 4.78 is 13.2. The number of nitrogens with zero attached hydrogens (tertiary/aromatic N) is 1. The number of hydrogen-bond acceptors (Lipinski definition) is 2. The molecule has 0 radical (unpaired) electrons. The van der Waals surface area contributed by atoms with Crippen molar-refractivity contribution < 1.29 is 9.18 Å². The van der Waals surface area contributed by atoms with Gasteiger partial charge in [-0.15, -0.1) is 0 Å². The summed E-state index contributed by atoms with van der Waals surface area (Å²) in [6.45, 7) is 3.28. The first-order chi connectivity index (χ1) is 9.20. The van der Waals surface area contributed by atoms with E-state index in [2.05, 4.69) is 0 Å². The number of carbonyl (C=O) groups is 1. The average Bonchev–Trinajstić information content (AvgIpc) is 2.90. The molecule has 0 spiro atoms. The Kier molecular flexibility index (Phi) is 4.68. The van der Waals surface area contributed by atoms with Crippen LogP contribution in [-0.2, 0) is 6.54 Å². The van der Waals surface area contributed by atoms with Gasteiger partial charge in [-0.25, -0.2) is 4.39 Å². The van der Waals surface area contributed by atoms with E-state index < -0.39 is 0 Å². The smallest absolute Gasteiger partial charge is 0.254 e. The predicted octanol–water partition coefficient (Wildman–Crippen LogP) is 3.94. The lowest BCUT2D eigenvalue weighted by molar-refractivity contribution is 0.0743. The van der Waals surface area contributed by atoms with Crippen molar-refractivity contribution in [2.75, 3.05) is 6.54 Å². The summed E-state index contributed by atoms with van der Waals surface area (Å²) in [5, 5.41) is 4.02. The van der Waals surface area contributed by atoms with Gasteiger partial charge >= 0.3 is 0 Å². The molecule has 0 atom stereocenters. The minimum atomic E-state index is -0.377. The molecule has 0 aliphatic heterocycles. The van der Waals surface area contributed by atoms with Gasteiger partial charge < -0.3 is 4.90 Å². The molecule has 1 aromatic carbocycles. The molecule has 2 nitrogen and oxygen atoms in total. The monoisotopic (exact) mass is 277 g/mol. The highest BCUT2D eigenvalue weighted by atomic mass is 32.1. The van der Waals surface area contributed by atoms with E-state index in [-0.39, 0.29) is 11.7 Å². The standard InChI is InChI=1S/C15H16FNOS/c1-2-7-17(10-12-6-8-19-11-12)15(18)13-4-3-5-14(16)9-13/h3-6,8-9,11H,2,7,10H2,1H3. The first-order valence-corrected chi connectivity index (χ1v) is 7.21. The van der Waals surface area contributed by atoms with Crippen LogP contribution in [-0.4, -0.2) is 17.4 Å². The van der Waals surface area contributed by atoms with Gasteiger partial charge in [0.25, 0.3) is 5.91 Å². The van der Waals surface area contributed by atoms with Crippen LogP contribution in [0.15, 0.2) is 41.1 Å². The third-order valence-corrected chi connectivity index (χ3v) is 3.54. The number of hydrogen-bond donors (Lipinski definition) is 0. The zero-order valence-corrected chi connectivity index (χ0v) is 11.6. The van der Waals surface area contributed by atoms with Crippen LogP contribution in [0.4, 0.5) is 4.39 Å². The van der Waals surface area contributed by atoms with Gasteiger partial charge in [0, 0.05) is 18.7 Å². The topological polar surface area (TPSA) is 20.3 Å². The van der Waals surface area contributed by atoms with Crippen LogP contribution in [0.5, 0.6) is 0 Å². The Morgan fingerprint density at radius 1 is 1.37 bits per heavy atom.